The maximum absolute atomic E-state index is 12.5. The van der Waals surface area contributed by atoms with E-state index in [0.717, 1.165) is 25.0 Å². The second kappa shape index (κ2) is 4.72. The van der Waals surface area contributed by atoms with Gasteiger partial charge in [0.15, 0.2) is 5.78 Å². The predicted octanol–water partition coefficient (Wildman–Crippen LogP) is 4.53. The molecule has 23 heavy (non-hydrogen) atoms. The summed E-state index contributed by atoms with van der Waals surface area (Å²) in [6.45, 7) is 6.89. The van der Waals surface area contributed by atoms with E-state index in [9.17, 15) is 4.79 Å². The van der Waals surface area contributed by atoms with Gasteiger partial charge in [-0.15, -0.1) is 0 Å². The Morgan fingerprint density at radius 3 is 2.78 bits per heavy atom. The molecule has 0 bridgehead atoms. The highest BCUT2D eigenvalue weighted by Gasteiger charge is 2.61. The summed E-state index contributed by atoms with van der Waals surface area (Å²) in [7, 11) is 1.73. The van der Waals surface area contributed by atoms with Crippen LogP contribution < -0.4 is 4.74 Å². The first-order valence-electron chi connectivity index (χ1n) is 8.81. The smallest absolute Gasteiger partial charge is 0.162 e. The zero-order chi connectivity index (χ0) is 16.4. The molecule has 0 saturated heterocycles. The van der Waals surface area contributed by atoms with E-state index in [1.165, 1.54) is 11.1 Å². The third-order valence-electron chi connectivity index (χ3n) is 7.30. The predicted molar refractivity (Wildman–Crippen MR) is 91.7 cm³/mol. The fourth-order valence-electron chi connectivity index (χ4n) is 5.85. The number of fused-ring (bicyclic) bond motifs is 5. The number of carbonyl (C=O) groups excluding carboxylic acids is 1. The summed E-state index contributed by atoms with van der Waals surface area (Å²) in [5.41, 5.74) is 2.72. The fraction of sp³-hybridized carbons (Fsp3) is 0.571. The molecule has 1 saturated carbocycles. The van der Waals surface area contributed by atoms with Crippen molar-refractivity contribution in [2.45, 2.75) is 46.0 Å². The molecule has 1 aromatic rings. The Morgan fingerprint density at radius 1 is 1.26 bits per heavy atom. The largest absolute Gasteiger partial charge is 0.497 e. The highest BCUT2D eigenvalue weighted by Crippen LogP contribution is 2.65. The van der Waals surface area contributed by atoms with Crippen molar-refractivity contribution in [2.75, 3.05) is 7.11 Å². The van der Waals surface area contributed by atoms with Crippen LogP contribution in [0, 0.1) is 22.7 Å². The number of hydrogen-bond acceptors (Lipinski definition) is 2. The fourth-order valence-corrected chi connectivity index (χ4v) is 5.85. The topological polar surface area (TPSA) is 26.3 Å². The first-order valence-corrected chi connectivity index (χ1v) is 8.81. The quantitative estimate of drug-likeness (QED) is 0.761. The molecule has 5 atom stereocenters. The van der Waals surface area contributed by atoms with Crippen LogP contribution in [0.4, 0.5) is 0 Å². The Kier molecular flexibility index (Phi) is 3.07. The van der Waals surface area contributed by atoms with Crippen LogP contribution >= 0.6 is 0 Å². The zero-order valence-electron chi connectivity index (χ0n) is 14.6. The Bertz CT molecular complexity index is 704. The van der Waals surface area contributed by atoms with Crippen molar-refractivity contribution in [1.29, 1.82) is 0 Å². The molecule has 0 radical (unpaired) electrons. The molecule has 0 unspecified atom stereocenters. The minimum atomic E-state index is -0.202. The first kappa shape index (κ1) is 15.0. The van der Waals surface area contributed by atoms with Gasteiger partial charge in [-0.1, -0.05) is 32.9 Å². The van der Waals surface area contributed by atoms with Gasteiger partial charge < -0.3 is 4.74 Å². The van der Waals surface area contributed by atoms with Crippen molar-refractivity contribution >= 4 is 5.78 Å². The Morgan fingerprint density at radius 2 is 2.04 bits per heavy atom. The maximum atomic E-state index is 12.5. The molecule has 1 aromatic carbocycles. The Hall–Kier alpha value is -1.57. The van der Waals surface area contributed by atoms with Gasteiger partial charge >= 0.3 is 0 Å². The van der Waals surface area contributed by atoms with E-state index in [4.69, 9.17) is 4.74 Å². The molecule has 3 aliphatic rings. The van der Waals surface area contributed by atoms with E-state index >= 15 is 0 Å². The lowest BCUT2D eigenvalue weighted by atomic mass is 9.46. The first-order chi connectivity index (χ1) is 10.9. The Balaban J connectivity index is 1.82. The van der Waals surface area contributed by atoms with Crippen molar-refractivity contribution in [3.63, 3.8) is 0 Å². The molecule has 0 spiro atoms. The van der Waals surface area contributed by atoms with E-state index in [2.05, 4.69) is 45.0 Å². The maximum Gasteiger partial charge on any atom is 0.162 e. The minimum absolute atomic E-state index is 0.00989. The zero-order valence-corrected chi connectivity index (χ0v) is 14.6. The van der Waals surface area contributed by atoms with Crippen LogP contribution in [-0.4, -0.2) is 12.9 Å². The number of rotatable bonds is 1. The van der Waals surface area contributed by atoms with Crippen LogP contribution in [0.3, 0.4) is 0 Å². The lowest BCUT2D eigenvalue weighted by Gasteiger charge is -2.57. The second-order valence-corrected chi connectivity index (χ2v) is 8.23. The molecule has 3 aliphatic carbocycles. The van der Waals surface area contributed by atoms with Crippen molar-refractivity contribution in [3.05, 3.63) is 41.5 Å². The van der Waals surface area contributed by atoms with E-state index in [-0.39, 0.29) is 10.8 Å². The number of hydrogen-bond donors (Lipinski definition) is 0. The molecule has 0 aliphatic heterocycles. The summed E-state index contributed by atoms with van der Waals surface area (Å²) in [6, 6.07) is 6.58. The number of carbonyl (C=O) groups is 1. The third-order valence-corrected chi connectivity index (χ3v) is 7.30. The van der Waals surface area contributed by atoms with Gasteiger partial charge in [0, 0.05) is 10.8 Å². The highest BCUT2D eigenvalue weighted by molar-refractivity contribution is 5.98. The standard InChI is InChI=1S/C21H26O2/c1-13-11-14-12-15(23-4)5-6-16(14)17-7-9-20(2)18(22)8-10-21(20,3)19(13)17/h5-6,8,10,12-13,17,19H,7,9,11H2,1-4H3/t13-,17-,19-,20-,21-/m1/s1. The molecule has 0 heterocycles. The van der Waals surface area contributed by atoms with Crippen LogP contribution in [-0.2, 0) is 11.2 Å². The van der Waals surface area contributed by atoms with Crippen LogP contribution in [0.1, 0.15) is 50.7 Å². The molecule has 2 nitrogen and oxygen atoms in total. The van der Waals surface area contributed by atoms with Gasteiger partial charge in [-0.05, 0) is 66.4 Å². The van der Waals surface area contributed by atoms with Gasteiger partial charge in [0.25, 0.3) is 0 Å². The van der Waals surface area contributed by atoms with Crippen LogP contribution in [0.2, 0.25) is 0 Å². The van der Waals surface area contributed by atoms with Crippen LogP contribution in [0.15, 0.2) is 30.4 Å². The molecular weight excluding hydrogens is 284 g/mol. The number of benzene rings is 1. The number of methoxy groups -OCH3 is 1. The molecule has 122 valence electrons. The number of allylic oxidation sites excluding steroid dienone is 2. The van der Waals surface area contributed by atoms with Crippen molar-refractivity contribution in [2.24, 2.45) is 22.7 Å². The van der Waals surface area contributed by atoms with Crippen LogP contribution in [0.5, 0.6) is 5.75 Å². The number of ketones is 1. The second-order valence-electron chi connectivity index (χ2n) is 8.23. The lowest BCUT2D eigenvalue weighted by molar-refractivity contribution is -0.134. The summed E-state index contributed by atoms with van der Waals surface area (Å²) in [6.07, 6.45) is 7.29. The van der Waals surface area contributed by atoms with Gasteiger partial charge in [0.2, 0.25) is 0 Å². The van der Waals surface area contributed by atoms with Gasteiger partial charge in [-0.3, -0.25) is 4.79 Å². The summed E-state index contributed by atoms with van der Waals surface area (Å²) in [5.74, 6) is 2.99. The van der Waals surface area contributed by atoms with E-state index in [1.807, 2.05) is 6.08 Å². The van der Waals surface area contributed by atoms with Gasteiger partial charge in [0.05, 0.1) is 7.11 Å². The normalized spacial score (nSPS) is 41.2. The summed E-state index contributed by atoms with van der Waals surface area (Å²) >= 11 is 0. The van der Waals surface area contributed by atoms with E-state index < -0.39 is 0 Å². The van der Waals surface area contributed by atoms with Crippen LogP contribution in [0.25, 0.3) is 0 Å². The SMILES string of the molecule is COc1ccc2c(c1)C[C@@H](C)[C@@H]1[C@@H]2CC[C@]2(C)C(=O)C=C[C@]12C. The molecule has 4 rings (SSSR count). The average Bonchev–Trinajstić information content (AvgIpc) is 2.78. The summed E-state index contributed by atoms with van der Waals surface area (Å²) < 4.78 is 5.41. The Labute approximate surface area is 138 Å². The molecule has 0 N–H and O–H groups in total. The molecule has 1 fully saturated rings. The lowest BCUT2D eigenvalue weighted by Crippen LogP contribution is -2.52. The molecule has 0 amide bonds. The van der Waals surface area contributed by atoms with E-state index in [0.29, 0.717) is 23.5 Å². The van der Waals surface area contributed by atoms with E-state index in [1.54, 1.807) is 7.11 Å². The molecule has 0 aromatic heterocycles. The van der Waals surface area contributed by atoms with Gasteiger partial charge in [-0.2, -0.15) is 0 Å². The molecule has 2 heteroatoms. The van der Waals surface area contributed by atoms with Crippen molar-refractivity contribution in [1.82, 2.24) is 0 Å². The average molecular weight is 310 g/mol. The van der Waals surface area contributed by atoms with Crippen molar-refractivity contribution < 1.29 is 9.53 Å². The summed E-state index contributed by atoms with van der Waals surface area (Å²) in [4.78, 5) is 12.5. The van der Waals surface area contributed by atoms with Gasteiger partial charge in [-0.25, -0.2) is 0 Å². The highest BCUT2D eigenvalue weighted by atomic mass is 16.5. The minimum Gasteiger partial charge on any atom is -0.497 e. The summed E-state index contributed by atoms with van der Waals surface area (Å²) in [5, 5.41) is 0. The monoisotopic (exact) mass is 310 g/mol. The molecular formula is C21H26O2. The number of ether oxygens (including phenoxy) is 1. The third kappa shape index (κ3) is 1.78. The van der Waals surface area contributed by atoms with Gasteiger partial charge in [0.1, 0.15) is 5.75 Å². The van der Waals surface area contributed by atoms with Crippen molar-refractivity contribution in [3.8, 4) is 5.75 Å².